The molecule has 104 valence electrons. The van der Waals surface area contributed by atoms with Gasteiger partial charge in [0.2, 0.25) is 6.79 Å². The highest BCUT2D eigenvalue weighted by Crippen LogP contribution is 2.35. The molecule has 1 aliphatic heterocycles. The third-order valence-corrected chi connectivity index (χ3v) is 3.82. The Hall–Kier alpha value is -2.46. The summed E-state index contributed by atoms with van der Waals surface area (Å²) in [5.41, 5.74) is 2.08. The van der Waals surface area contributed by atoms with Gasteiger partial charge in [0.15, 0.2) is 16.9 Å². The molecule has 2 aromatic carbocycles. The lowest BCUT2D eigenvalue weighted by Gasteiger charge is -2.07. The van der Waals surface area contributed by atoms with Gasteiger partial charge in [-0.1, -0.05) is 29.8 Å². The highest BCUT2D eigenvalue weighted by atomic mass is 35.5. The number of hydrogen-bond donors (Lipinski definition) is 1. The second kappa shape index (κ2) is 4.53. The predicted molar refractivity (Wildman–Crippen MR) is 81.1 cm³/mol. The van der Waals surface area contributed by atoms with Gasteiger partial charge in [0.25, 0.3) is 0 Å². The van der Waals surface area contributed by atoms with E-state index in [1.54, 1.807) is 24.3 Å². The van der Waals surface area contributed by atoms with E-state index in [1.165, 1.54) is 0 Å². The molecule has 0 fully saturated rings. The molecule has 2 heterocycles. The molecular formula is C16H10ClNO3. The van der Waals surface area contributed by atoms with Crippen LogP contribution in [-0.4, -0.2) is 11.8 Å². The summed E-state index contributed by atoms with van der Waals surface area (Å²) >= 11 is 6.19. The van der Waals surface area contributed by atoms with Gasteiger partial charge in [0.05, 0.1) is 11.2 Å². The molecule has 0 saturated heterocycles. The molecule has 0 saturated carbocycles. The first-order valence-electron chi connectivity index (χ1n) is 6.44. The zero-order valence-electron chi connectivity index (χ0n) is 10.9. The highest BCUT2D eigenvalue weighted by Gasteiger charge is 2.16. The molecule has 1 aromatic heterocycles. The van der Waals surface area contributed by atoms with Crippen LogP contribution in [0.4, 0.5) is 0 Å². The number of rotatable bonds is 1. The molecule has 1 N–H and O–H groups in total. The lowest BCUT2D eigenvalue weighted by Crippen LogP contribution is -2.03. The summed E-state index contributed by atoms with van der Waals surface area (Å²) in [4.78, 5) is 15.6. The van der Waals surface area contributed by atoms with E-state index in [2.05, 4.69) is 4.98 Å². The van der Waals surface area contributed by atoms with Gasteiger partial charge in [0.1, 0.15) is 0 Å². The Morgan fingerprint density at radius 3 is 2.62 bits per heavy atom. The van der Waals surface area contributed by atoms with Crippen molar-refractivity contribution < 1.29 is 9.47 Å². The standard InChI is InChI=1S/C16H10ClNO3/c17-11-4-2-1-3-9(11)12-6-14(19)10-5-15-16(21-8-20-15)7-13(10)18-12/h1-7H,8H2,(H,18,19). The van der Waals surface area contributed by atoms with Crippen molar-refractivity contribution in [3.05, 3.63) is 57.7 Å². The van der Waals surface area contributed by atoms with Gasteiger partial charge in [-0.15, -0.1) is 0 Å². The topological polar surface area (TPSA) is 51.3 Å². The monoisotopic (exact) mass is 299 g/mol. The first kappa shape index (κ1) is 12.3. The van der Waals surface area contributed by atoms with Gasteiger partial charge in [0, 0.05) is 28.1 Å². The number of halogens is 1. The van der Waals surface area contributed by atoms with Crippen molar-refractivity contribution in [3.8, 4) is 22.8 Å². The molecule has 4 nitrogen and oxygen atoms in total. The number of pyridine rings is 1. The molecule has 0 aliphatic carbocycles. The number of fused-ring (bicyclic) bond motifs is 2. The highest BCUT2D eigenvalue weighted by molar-refractivity contribution is 6.33. The normalized spacial score (nSPS) is 12.8. The Kier molecular flexibility index (Phi) is 2.65. The number of ether oxygens (including phenoxy) is 2. The van der Waals surface area contributed by atoms with Crippen LogP contribution in [0.15, 0.2) is 47.3 Å². The number of aromatic amines is 1. The van der Waals surface area contributed by atoms with Crippen molar-refractivity contribution in [2.24, 2.45) is 0 Å². The van der Waals surface area contributed by atoms with Gasteiger partial charge < -0.3 is 14.5 Å². The Labute approximate surface area is 124 Å². The maximum absolute atomic E-state index is 12.3. The van der Waals surface area contributed by atoms with Crippen LogP contribution in [0.5, 0.6) is 11.5 Å². The van der Waals surface area contributed by atoms with Gasteiger partial charge in [-0.05, 0) is 12.1 Å². The SMILES string of the molecule is O=c1cc(-c2ccccc2Cl)[nH]c2cc3c(cc12)OCO3. The summed E-state index contributed by atoms with van der Waals surface area (Å²) in [7, 11) is 0. The first-order valence-corrected chi connectivity index (χ1v) is 6.82. The number of nitrogens with one attached hydrogen (secondary N) is 1. The van der Waals surface area contributed by atoms with E-state index in [1.807, 2.05) is 18.2 Å². The molecule has 1 aliphatic rings. The smallest absolute Gasteiger partial charge is 0.231 e. The van der Waals surface area contributed by atoms with Crippen LogP contribution in [0.2, 0.25) is 5.02 Å². The zero-order chi connectivity index (χ0) is 14.4. The molecule has 0 amide bonds. The summed E-state index contributed by atoms with van der Waals surface area (Å²) in [6.45, 7) is 0.178. The fourth-order valence-corrected chi connectivity index (χ4v) is 2.70. The van der Waals surface area contributed by atoms with Crippen LogP contribution in [0, 0.1) is 0 Å². The fraction of sp³-hybridized carbons (Fsp3) is 0.0625. The molecule has 0 atom stereocenters. The summed E-state index contributed by atoms with van der Waals surface area (Å²) in [6, 6.07) is 12.4. The van der Waals surface area contributed by atoms with E-state index in [4.69, 9.17) is 21.1 Å². The Morgan fingerprint density at radius 2 is 1.81 bits per heavy atom. The fourth-order valence-electron chi connectivity index (χ4n) is 2.46. The number of aromatic nitrogens is 1. The van der Waals surface area contributed by atoms with Crippen LogP contribution in [0.3, 0.4) is 0 Å². The van der Waals surface area contributed by atoms with Gasteiger partial charge in [-0.3, -0.25) is 4.79 Å². The average molecular weight is 300 g/mol. The Morgan fingerprint density at radius 1 is 1.05 bits per heavy atom. The third-order valence-electron chi connectivity index (χ3n) is 3.49. The molecule has 0 bridgehead atoms. The molecule has 0 radical (unpaired) electrons. The van der Waals surface area contributed by atoms with E-state index in [-0.39, 0.29) is 12.2 Å². The minimum absolute atomic E-state index is 0.0861. The van der Waals surface area contributed by atoms with Gasteiger partial charge >= 0.3 is 0 Å². The van der Waals surface area contributed by atoms with E-state index in [0.717, 1.165) is 5.56 Å². The van der Waals surface area contributed by atoms with E-state index in [0.29, 0.717) is 33.1 Å². The Balaban J connectivity index is 1.99. The van der Waals surface area contributed by atoms with Crippen molar-refractivity contribution in [1.82, 2.24) is 4.98 Å². The first-order chi connectivity index (χ1) is 10.2. The van der Waals surface area contributed by atoms with Gasteiger partial charge in [-0.25, -0.2) is 0 Å². The molecular weight excluding hydrogens is 290 g/mol. The lowest BCUT2D eigenvalue weighted by atomic mass is 10.1. The van der Waals surface area contributed by atoms with E-state index >= 15 is 0 Å². The molecule has 5 heteroatoms. The maximum atomic E-state index is 12.3. The van der Waals surface area contributed by atoms with Crippen LogP contribution in [-0.2, 0) is 0 Å². The predicted octanol–water partition coefficient (Wildman–Crippen LogP) is 3.58. The third kappa shape index (κ3) is 1.96. The molecule has 3 aromatic rings. The summed E-state index contributed by atoms with van der Waals surface area (Å²) in [5, 5.41) is 1.16. The van der Waals surface area contributed by atoms with Crippen molar-refractivity contribution in [3.63, 3.8) is 0 Å². The average Bonchev–Trinajstić information content (AvgIpc) is 2.93. The summed E-state index contributed by atoms with van der Waals surface area (Å²) < 4.78 is 10.6. The van der Waals surface area contributed by atoms with Crippen LogP contribution in [0.1, 0.15) is 0 Å². The largest absolute Gasteiger partial charge is 0.454 e. The van der Waals surface area contributed by atoms with Crippen molar-refractivity contribution in [1.29, 1.82) is 0 Å². The van der Waals surface area contributed by atoms with Crippen molar-refractivity contribution in [2.75, 3.05) is 6.79 Å². The Bertz CT molecular complexity index is 917. The quantitative estimate of drug-likeness (QED) is 0.747. The lowest BCUT2D eigenvalue weighted by molar-refractivity contribution is 0.174. The maximum Gasteiger partial charge on any atom is 0.231 e. The molecule has 0 spiro atoms. The minimum Gasteiger partial charge on any atom is -0.454 e. The van der Waals surface area contributed by atoms with Crippen LogP contribution in [0.25, 0.3) is 22.2 Å². The molecule has 21 heavy (non-hydrogen) atoms. The molecule has 0 unspecified atom stereocenters. The van der Waals surface area contributed by atoms with E-state index in [9.17, 15) is 4.79 Å². The van der Waals surface area contributed by atoms with E-state index < -0.39 is 0 Å². The minimum atomic E-state index is -0.0861. The van der Waals surface area contributed by atoms with Crippen LogP contribution < -0.4 is 14.9 Å². The number of benzene rings is 2. The second-order valence-corrected chi connectivity index (χ2v) is 5.19. The summed E-state index contributed by atoms with van der Waals surface area (Å²) in [5.74, 6) is 1.23. The number of H-pyrrole nitrogens is 1. The van der Waals surface area contributed by atoms with Crippen molar-refractivity contribution >= 4 is 22.5 Å². The zero-order valence-corrected chi connectivity index (χ0v) is 11.6. The van der Waals surface area contributed by atoms with Gasteiger partial charge in [-0.2, -0.15) is 0 Å². The summed E-state index contributed by atoms with van der Waals surface area (Å²) in [6.07, 6.45) is 0. The molecule has 4 rings (SSSR count). The van der Waals surface area contributed by atoms with Crippen molar-refractivity contribution in [2.45, 2.75) is 0 Å². The second-order valence-electron chi connectivity index (χ2n) is 4.78. The van der Waals surface area contributed by atoms with Crippen LogP contribution >= 0.6 is 11.6 Å². The number of hydrogen-bond acceptors (Lipinski definition) is 3.